The van der Waals surface area contributed by atoms with Crippen LogP contribution in [0.1, 0.15) is 52.4 Å². The molecular formula is C22H25NO4. The number of aryl methyl sites for hydroxylation is 2. The summed E-state index contributed by atoms with van der Waals surface area (Å²) in [5.74, 6) is -0.752. The number of benzene rings is 2. The number of amides is 1. The molecule has 0 radical (unpaired) electrons. The summed E-state index contributed by atoms with van der Waals surface area (Å²) < 4.78 is 4.72. The van der Waals surface area contributed by atoms with Gasteiger partial charge in [0, 0.05) is 18.4 Å². The summed E-state index contributed by atoms with van der Waals surface area (Å²) in [5.41, 5.74) is 3.60. The molecule has 0 fully saturated rings. The molecule has 0 saturated carbocycles. The van der Waals surface area contributed by atoms with Gasteiger partial charge in [0.05, 0.1) is 19.6 Å². The summed E-state index contributed by atoms with van der Waals surface area (Å²) in [7, 11) is 1.31. The Bertz CT molecular complexity index is 814. The van der Waals surface area contributed by atoms with E-state index in [1.54, 1.807) is 6.07 Å². The average Bonchev–Trinajstić information content (AvgIpc) is 2.68. The van der Waals surface area contributed by atoms with Crippen LogP contribution in [-0.4, -0.2) is 24.8 Å². The Morgan fingerprint density at radius 3 is 2.30 bits per heavy atom. The third-order valence-electron chi connectivity index (χ3n) is 4.54. The number of methoxy groups -OCH3 is 1. The van der Waals surface area contributed by atoms with Gasteiger partial charge in [-0.3, -0.25) is 14.4 Å². The maximum atomic E-state index is 12.3. The number of ether oxygens (including phenoxy) is 1. The van der Waals surface area contributed by atoms with Crippen molar-refractivity contribution in [3.05, 3.63) is 70.8 Å². The monoisotopic (exact) mass is 367 g/mol. The molecule has 5 nitrogen and oxygen atoms in total. The summed E-state index contributed by atoms with van der Waals surface area (Å²) >= 11 is 0. The van der Waals surface area contributed by atoms with Crippen LogP contribution in [0.4, 0.5) is 0 Å². The summed E-state index contributed by atoms with van der Waals surface area (Å²) in [6.45, 7) is 3.94. The Morgan fingerprint density at radius 1 is 0.963 bits per heavy atom. The van der Waals surface area contributed by atoms with E-state index in [4.69, 9.17) is 4.74 Å². The van der Waals surface area contributed by atoms with Crippen LogP contribution in [0.3, 0.4) is 0 Å². The first-order valence-electron chi connectivity index (χ1n) is 8.92. The van der Waals surface area contributed by atoms with Crippen LogP contribution in [0.5, 0.6) is 0 Å². The number of esters is 1. The van der Waals surface area contributed by atoms with E-state index in [0.29, 0.717) is 5.56 Å². The maximum Gasteiger partial charge on any atom is 0.307 e. The van der Waals surface area contributed by atoms with Crippen molar-refractivity contribution in [2.24, 2.45) is 0 Å². The number of hydrogen-bond donors (Lipinski definition) is 1. The molecule has 2 rings (SSSR count). The Labute approximate surface area is 159 Å². The highest BCUT2D eigenvalue weighted by Gasteiger charge is 2.19. The molecule has 2 aromatic carbocycles. The fourth-order valence-electron chi connectivity index (χ4n) is 2.74. The van der Waals surface area contributed by atoms with Crippen LogP contribution in [0.25, 0.3) is 0 Å². The molecule has 1 atom stereocenters. The summed E-state index contributed by atoms with van der Waals surface area (Å²) in [4.78, 5) is 36.3. The van der Waals surface area contributed by atoms with Crippen molar-refractivity contribution in [1.82, 2.24) is 5.32 Å². The third kappa shape index (κ3) is 6.06. The van der Waals surface area contributed by atoms with Crippen molar-refractivity contribution in [2.75, 3.05) is 7.11 Å². The van der Waals surface area contributed by atoms with Gasteiger partial charge in [-0.15, -0.1) is 0 Å². The van der Waals surface area contributed by atoms with Gasteiger partial charge in [0.1, 0.15) is 0 Å². The molecule has 0 aromatic heterocycles. The largest absolute Gasteiger partial charge is 0.469 e. The molecule has 1 N–H and O–H groups in total. The number of carbonyl (C=O) groups excluding carboxylic acids is 3. The highest BCUT2D eigenvalue weighted by Crippen LogP contribution is 2.18. The van der Waals surface area contributed by atoms with Gasteiger partial charge in [-0.1, -0.05) is 42.5 Å². The lowest BCUT2D eigenvalue weighted by Gasteiger charge is -2.18. The molecule has 0 aliphatic carbocycles. The van der Waals surface area contributed by atoms with Crippen LogP contribution in [0.2, 0.25) is 0 Å². The molecule has 0 saturated heterocycles. The van der Waals surface area contributed by atoms with Gasteiger partial charge in [-0.25, -0.2) is 0 Å². The fraction of sp³-hybridized carbons (Fsp3) is 0.318. The van der Waals surface area contributed by atoms with Crippen LogP contribution in [0.15, 0.2) is 48.5 Å². The van der Waals surface area contributed by atoms with Crippen molar-refractivity contribution < 1.29 is 19.1 Å². The summed E-state index contributed by atoms with van der Waals surface area (Å²) in [6.07, 6.45) is 0.224. The van der Waals surface area contributed by atoms with E-state index in [1.807, 2.05) is 56.3 Å². The zero-order valence-electron chi connectivity index (χ0n) is 16.0. The second-order valence-electron chi connectivity index (χ2n) is 6.53. The smallest absolute Gasteiger partial charge is 0.307 e. The van der Waals surface area contributed by atoms with E-state index in [2.05, 4.69) is 5.32 Å². The van der Waals surface area contributed by atoms with E-state index < -0.39 is 12.0 Å². The summed E-state index contributed by atoms with van der Waals surface area (Å²) in [5, 5.41) is 2.83. The van der Waals surface area contributed by atoms with E-state index in [0.717, 1.165) is 16.7 Å². The molecule has 0 bridgehead atoms. The molecular weight excluding hydrogens is 342 g/mol. The molecule has 0 aliphatic heterocycles. The van der Waals surface area contributed by atoms with Gasteiger partial charge < -0.3 is 10.1 Å². The molecule has 0 unspecified atom stereocenters. The first-order valence-corrected chi connectivity index (χ1v) is 8.92. The first kappa shape index (κ1) is 20.4. The first-order chi connectivity index (χ1) is 12.9. The van der Waals surface area contributed by atoms with Gasteiger partial charge in [0.2, 0.25) is 5.91 Å². The quantitative estimate of drug-likeness (QED) is 0.570. The highest BCUT2D eigenvalue weighted by atomic mass is 16.5. The van der Waals surface area contributed by atoms with E-state index in [1.165, 1.54) is 7.11 Å². The average molecular weight is 367 g/mol. The zero-order valence-corrected chi connectivity index (χ0v) is 16.0. The Balaban J connectivity index is 1.97. The van der Waals surface area contributed by atoms with Crippen LogP contribution in [0, 0.1) is 13.8 Å². The number of rotatable bonds is 8. The fourth-order valence-corrected chi connectivity index (χ4v) is 2.74. The molecule has 27 heavy (non-hydrogen) atoms. The predicted octanol–water partition coefficient (Wildman–Crippen LogP) is 3.69. The van der Waals surface area contributed by atoms with Crippen molar-refractivity contribution >= 4 is 17.7 Å². The van der Waals surface area contributed by atoms with Crippen LogP contribution >= 0.6 is 0 Å². The van der Waals surface area contributed by atoms with E-state index in [-0.39, 0.29) is 31.0 Å². The van der Waals surface area contributed by atoms with Gasteiger partial charge >= 0.3 is 5.97 Å². The van der Waals surface area contributed by atoms with Crippen molar-refractivity contribution in [3.63, 3.8) is 0 Å². The lowest BCUT2D eigenvalue weighted by atomic mass is 10.0. The molecule has 1 amide bonds. The zero-order chi connectivity index (χ0) is 19.8. The number of carbonyl (C=O) groups is 3. The predicted molar refractivity (Wildman–Crippen MR) is 103 cm³/mol. The minimum atomic E-state index is -0.483. The molecule has 142 valence electrons. The second-order valence-corrected chi connectivity index (χ2v) is 6.53. The van der Waals surface area contributed by atoms with Crippen molar-refractivity contribution in [3.8, 4) is 0 Å². The van der Waals surface area contributed by atoms with Gasteiger partial charge in [0.25, 0.3) is 0 Å². The summed E-state index contributed by atoms with van der Waals surface area (Å²) in [6, 6.07) is 14.3. The van der Waals surface area contributed by atoms with Crippen LogP contribution in [-0.2, 0) is 14.3 Å². The Hall–Kier alpha value is -2.95. The van der Waals surface area contributed by atoms with E-state index >= 15 is 0 Å². The van der Waals surface area contributed by atoms with E-state index in [9.17, 15) is 14.4 Å². The van der Waals surface area contributed by atoms with Gasteiger partial charge in [-0.2, -0.15) is 0 Å². The van der Waals surface area contributed by atoms with Gasteiger partial charge in [-0.05, 0) is 36.6 Å². The Morgan fingerprint density at radius 2 is 1.67 bits per heavy atom. The van der Waals surface area contributed by atoms with Gasteiger partial charge in [0.15, 0.2) is 5.78 Å². The molecule has 0 heterocycles. The number of Topliss-reactive ketones (excluding diaryl/α,β-unsaturated/α-hetero) is 1. The Kier molecular flexibility index (Phi) is 7.29. The third-order valence-corrected chi connectivity index (χ3v) is 4.54. The topological polar surface area (TPSA) is 72.5 Å². The van der Waals surface area contributed by atoms with Crippen molar-refractivity contribution in [1.29, 1.82) is 0 Å². The highest BCUT2D eigenvalue weighted by molar-refractivity contribution is 5.98. The minimum absolute atomic E-state index is 0.0390. The molecule has 2 aromatic rings. The molecule has 0 spiro atoms. The minimum Gasteiger partial charge on any atom is -0.469 e. The number of ketones is 1. The number of nitrogens with one attached hydrogen (secondary N) is 1. The van der Waals surface area contributed by atoms with Crippen molar-refractivity contribution in [2.45, 2.75) is 39.2 Å². The normalized spacial score (nSPS) is 11.5. The maximum absolute atomic E-state index is 12.3. The molecule has 0 aliphatic rings. The standard InChI is InChI=1S/C22H25NO4/c1-15-9-10-18(13-16(15)2)20(24)11-12-21(25)23-19(14-22(26)27-3)17-7-5-4-6-8-17/h4-10,13,19H,11-12,14H2,1-3H3,(H,23,25)/t19-/m0/s1. The second kappa shape index (κ2) is 9.67. The lowest BCUT2D eigenvalue weighted by Crippen LogP contribution is -2.30. The van der Waals surface area contributed by atoms with Crippen LogP contribution < -0.4 is 5.32 Å². The lowest BCUT2D eigenvalue weighted by molar-refractivity contribution is -0.141. The molecule has 5 heteroatoms. The SMILES string of the molecule is COC(=O)C[C@H](NC(=O)CCC(=O)c1ccc(C)c(C)c1)c1ccccc1. The number of hydrogen-bond acceptors (Lipinski definition) is 4.